The molecular formula is C15H22IN7O2S. The molecule has 0 aliphatic carbocycles. The second-order valence-electron chi connectivity index (χ2n) is 5.62. The van der Waals surface area contributed by atoms with Gasteiger partial charge in [0.05, 0.1) is 16.5 Å². The molecule has 0 atom stereocenters. The Labute approximate surface area is 172 Å². The molecule has 0 bridgehead atoms. The van der Waals surface area contributed by atoms with Crippen molar-refractivity contribution in [2.45, 2.75) is 6.54 Å². The number of piperazine rings is 1. The van der Waals surface area contributed by atoms with E-state index in [1.807, 2.05) is 0 Å². The van der Waals surface area contributed by atoms with Gasteiger partial charge in [-0.05, 0) is 17.5 Å². The van der Waals surface area contributed by atoms with Gasteiger partial charge in [-0.25, -0.2) is 0 Å². The standard InChI is InChI=1S/C15H21N7O2S.HI/c1-16-15(17-4-5-21-12-13(11-18-21)22(23)24)20-8-6-19(7-9-20)14-3-2-10-25-14;/h2-3,10-12H,4-9H2,1H3,(H,16,17);1H. The van der Waals surface area contributed by atoms with Crippen molar-refractivity contribution in [3.05, 3.63) is 40.0 Å². The monoisotopic (exact) mass is 491 g/mol. The molecule has 0 unspecified atom stereocenters. The maximum Gasteiger partial charge on any atom is 0.306 e. The van der Waals surface area contributed by atoms with Crippen LogP contribution in [-0.4, -0.2) is 65.3 Å². The van der Waals surface area contributed by atoms with Crippen molar-refractivity contribution in [3.8, 4) is 0 Å². The van der Waals surface area contributed by atoms with Gasteiger partial charge < -0.3 is 15.1 Å². The molecule has 1 saturated heterocycles. The number of nitrogens with one attached hydrogen (secondary N) is 1. The number of hydrogen-bond acceptors (Lipinski definition) is 6. The zero-order valence-corrected chi connectivity index (χ0v) is 17.6. The van der Waals surface area contributed by atoms with Crippen LogP contribution >= 0.6 is 35.3 Å². The van der Waals surface area contributed by atoms with Crippen molar-refractivity contribution >= 4 is 52.0 Å². The van der Waals surface area contributed by atoms with Crippen molar-refractivity contribution in [1.29, 1.82) is 0 Å². The van der Waals surface area contributed by atoms with E-state index in [0.29, 0.717) is 13.1 Å². The van der Waals surface area contributed by atoms with Gasteiger partial charge in [0.15, 0.2) is 5.96 Å². The van der Waals surface area contributed by atoms with E-state index in [0.717, 1.165) is 32.1 Å². The van der Waals surface area contributed by atoms with E-state index in [2.05, 4.69) is 42.7 Å². The Kier molecular flexibility index (Phi) is 7.63. The van der Waals surface area contributed by atoms with Gasteiger partial charge in [0, 0.05) is 39.8 Å². The average Bonchev–Trinajstić information content (AvgIpc) is 3.31. The quantitative estimate of drug-likeness (QED) is 0.226. The second-order valence-corrected chi connectivity index (χ2v) is 6.54. The summed E-state index contributed by atoms with van der Waals surface area (Å²) in [6, 6.07) is 4.23. The molecule has 0 saturated carbocycles. The highest BCUT2D eigenvalue weighted by molar-refractivity contribution is 14.0. The Bertz CT molecular complexity index is 726. The van der Waals surface area contributed by atoms with E-state index in [9.17, 15) is 10.1 Å². The Morgan fingerprint density at radius 2 is 2.19 bits per heavy atom. The molecule has 1 fully saturated rings. The van der Waals surface area contributed by atoms with Gasteiger partial charge in [-0.1, -0.05) is 0 Å². The van der Waals surface area contributed by atoms with E-state index >= 15 is 0 Å². The summed E-state index contributed by atoms with van der Waals surface area (Å²) < 4.78 is 1.56. The van der Waals surface area contributed by atoms with E-state index in [-0.39, 0.29) is 29.7 Å². The Morgan fingerprint density at radius 1 is 1.42 bits per heavy atom. The molecule has 9 nitrogen and oxygen atoms in total. The van der Waals surface area contributed by atoms with Crippen LogP contribution in [0.3, 0.4) is 0 Å². The molecule has 26 heavy (non-hydrogen) atoms. The molecule has 1 aliphatic heterocycles. The minimum atomic E-state index is -0.442. The first kappa shape index (κ1) is 20.4. The molecule has 2 aromatic heterocycles. The Hall–Kier alpha value is -1.89. The van der Waals surface area contributed by atoms with Crippen molar-refractivity contribution in [2.75, 3.05) is 44.7 Å². The number of anilines is 1. The highest BCUT2D eigenvalue weighted by Gasteiger charge is 2.20. The van der Waals surface area contributed by atoms with Gasteiger partial charge in [-0.3, -0.25) is 19.8 Å². The molecule has 11 heteroatoms. The lowest BCUT2D eigenvalue weighted by Gasteiger charge is -2.37. The number of nitrogens with zero attached hydrogens (tertiary/aromatic N) is 6. The summed E-state index contributed by atoms with van der Waals surface area (Å²) in [5.74, 6) is 0.854. The predicted molar refractivity (Wildman–Crippen MR) is 114 cm³/mol. The number of hydrogen-bond donors (Lipinski definition) is 1. The van der Waals surface area contributed by atoms with E-state index < -0.39 is 4.92 Å². The number of guanidine groups is 1. The van der Waals surface area contributed by atoms with Gasteiger partial charge in [0.2, 0.25) is 0 Å². The fraction of sp³-hybridized carbons (Fsp3) is 0.467. The zero-order chi connectivity index (χ0) is 17.6. The number of halogens is 1. The zero-order valence-electron chi connectivity index (χ0n) is 14.4. The van der Waals surface area contributed by atoms with Gasteiger partial charge in [0.1, 0.15) is 12.4 Å². The summed E-state index contributed by atoms with van der Waals surface area (Å²) in [4.78, 5) is 19.2. The third kappa shape index (κ3) is 5.06. The normalized spacial score (nSPS) is 14.9. The smallest absolute Gasteiger partial charge is 0.306 e. The first-order chi connectivity index (χ1) is 12.2. The molecule has 0 aromatic carbocycles. The fourth-order valence-corrected chi connectivity index (χ4v) is 3.56. The third-order valence-corrected chi connectivity index (χ3v) is 4.99. The minimum Gasteiger partial charge on any atom is -0.360 e. The summed E-state index contributed by atoms with van der Waals surface area (Å²) in [6.07, 6.45) is 2.70. The molecule has 0 spiro atoms. The lowest BCUT2D eigenvalue weighted by molar-refractivity contribution is -0.385. The maximum absolute atomic E-state index is 10.7. The van der Waals surface area contributed by atoms with Crippen LogP contribution in [-0.2, 0) is 6.54 Å². The lowest BCUT2D eigenvalue weighted by Crippen LogP contribution is -2.52. The van der Waals surface area contributed by atoms with Crippen LogP contribution in [0, 0.1) is 10.1 Å². The number of rotatable bonds is 5. The summed E-state index contributed by atoms with van der Waals surface area (Å²) in [6.45, 7) is 4.90. The summed E-state index contributed by atoms with van der Waals surface area (Å²) in [7, 11) is 1.77. The molecular weight excluding hydrogens is 469 g/mol. The molecule has 3 rings (SSSR count). The highest BCUT2D eigenvalue weighted by Crippen LogP contribution is 2.22. The first-order valence-corrected chi connectivity index (χ1v) is 8.96. The molecule has 2 aromatic rings. The predicted octanol–water partition coefficient (Wildman–Crippen LogP) is 1.87. The summed E-state index contributed by atoms with van der Waals surface area (Å²) in [5.41, 5.74) is 0.00841. The molecule has 1 N–H and O–H groups in total. The molecule has 3 heterocycles. The molecule has 142 valence electrons. The largest absolute Gasteiger partial charge is 0.360 e. The van der Waals surface area contributed by atoms with Crippen LogP contribution in [0.4, 0.5) is 10.7 Å². The van der Waals surface area contributed by atoms with Crippen molar-refractivity contribution < 1.29 is 4.92 Å². The third-order valence-electron chi connectivity index (χ3n) is 4.06. The molecule has 0 radical (unpaired) electrons. The molecule has 0 amide bonds. The van der Waals surface area contributed by atoms with Crippen LogP contribution in [0.25, 0.3) is 0 Å². The SMILES string of the molecule is CN=C(NCCn1cc([N+](=O)[O-])cn1)N1CCN(c2cccs2)CC1.I. The van der Waals surface area contributed by atoms with Crippen molar-refractivity contribution in [3.63, 3.8) is 0 Å². The average molecular weight is 491 g/mol. The van der Waals surface area contributed by atoms with Crippen LogP contribution in [0.2, 0.25) is 0 Å². The van der Waals surface area contributed by atoms with Crippen molar-refractivity contribution in [1.82, 2.24) is 20.0 Å². The minimum absolute atomic E-state index is 0. The van der Waals surface area contributed by atoms with Gasteiger partial charge in [-0.15, -0.1) is 35.3 Å². The van der Waals surface area contributed by atoms with E-state index in [1.165, 1.54) is 17.4 Å². The summed E-state index contributed by atoms with van der Waals surface area (Å²) in [5, 5.41) is 21.4. The van der Waals surface area contributed by atoms with Crippen molar-refractivity contribution in [2.24, 2.45) is 4.99 Å². The number of aromatic nitrogens is 2. The van der Waals surface area contributed by atoms with Crippen LogP contribution < -0.4 is 10.2 Å². The highest BCUT2D eigenvalue weighted by atomic mass is 127. The van der Waals surface area contributed by atoms with E-state index in [1.54, 1.807) is 23.1 Å². The fourth-order valence-electron chi connectivity index (χ4n) is 2.77. The topological polar surface area (TPSA) is 91.8 Å². The van der Waals surface area contributed by atoms with Gasteiger partial charge in [0.25, 0.3) is 0 Å². The van der Waals surface area contributed by atoms with Crippen LogP contribution in [0.1, 0.15) is 0 Å². The number of nitro groups is 1. The number of aliphatic imine (C=N–C) groups is 1. The lowest BCUT2D eigenvalue weighted by atomic mass is 10.3. The number of thiophene rings is 1. The van der Waals surface area contributed by atoms with Gasteiger partial charge in [-0.2, -0.15) is 5.10 Å². The van der Waals surface area contributed by atoms with Crippen LogP contribution in [0.15, 0.2) is 34.9 Å². The Morgan fingerprint density at radius 3 is 2.77 bits per heavy atom. The second kappa shape index (κ2) is 9.71. The first-order valence-electron chi connectivity index (χ1n) is 8.08. The Balaban J connectivity index is 0.00000243. The van der Waals surface area contributed by atoms with E-state index in [4.69, 9.17) is 0 Å². The maximum atomic E-state index is 10.7. The summed E-state index contributed by atoms with van der Waals surface area (Å²) >= 11 is 1.76. The van der Waals surface area contributed by atoms with Crippen LogP contribution in [0.5, 0.6) is 0 Å². The van der Waals surface area contributed by atoms with Gasteiger partial charge >= 0.3 is 5.69 Å². The molecule has 1 aliphatic rings.